The molecule has 1 fully saturated rings. The van der Waals surface area contributed by atoms with Crippen molar-refractivity contribution in [3.63, 3.8) is 0 Å². The Hall–Kier alpha value is -2.31. The number of benzene rings is 2. The lowest BCUT2D eigenvalue weighted by molar-refractivity contribution is -0.121. The Morgan fingerprint density at radius 2 is 1.78 bits per heavy atom. The van der Waals surface area contributed by atoms with E-state index in [-0.39, 0.29) is 29.9 Å². The van der Waals surface area contributed by atoms with Crippen LogP contribution in [-0.2, 0) is 14.4 Å². The van der Waals surface area contributed by atoms with Crippen LogP contribution >= 0.6 is 23.4 Å². The summed E-state index contributed by atoms with van der Waals surface area (Å²) in [6.45, 7) is 3.85. The lowest BCUT2D eigenvalue weighted by Crippen LogP contribution is -2.31. The van der Waals surface area contributed by atoms with Crippen LogP contribution in [0.25, 0.3) is 0 Å². The molecule has 3 rings (SSSR count). The first kappa shape index (κ1) is 19.5. The number of hydrogen-bond acceptors (Lipinski definition) is 4. The van der Waals surface area contributed by atoms with E-state index >= 15 is 0 Å². The van der Waals surface area contributed by atoms with E-state index in [0.29, 0.717) is 16.4 Å². The number of thioether (sulfide) groups is 1. The van der Waals surface area contributed by atoms with Crippen molar-refractivity contribution in [1.82, 2.24) is 0 Å². The molecule has 2 aromatic carbocycles. The predicted molar refractivity (Wildman–Crippen MR) is 109 cm³/mol. The maximum Gasteiger partial charge on any atom is 0.247 e. The number of aryl methyl sites for hydroxylation is 2. The van der Waals surface area contributed by atoms with Crippen molar-refractivity contribution < 1.29 is 14.4 Å². The Morgan fingerprint density at radius 3 is 2.41 bits per heavy atom. The van der Waals surface area contributed by atoms with Gasteiger partial charge < -0.3 is 5.32 Å². The number of rotatable bonds is 5. The maximum atomic E-state index is 12.7. The zero-order chi connectivity index (χ0) is 19.6. The highest BCUT2D eigenvalue weighted by Gasteiger charge is 2.40. The van der Waals surface area contributed by atoms with Gasteiger partial charge in [-0.25, -0.2) is 4.90 Å². The minimum atomic E-state index is -0.547. The summed E-state index contributed by atoms with van der Waals surface area (Å²) in [6, 6.07) is 12.4. The van der Waals surface area contributed by atoms with E-state index in [4.69, 9.17) is 11.6 Å². The molecule has 0 radical (unpaired) electrons. The van der Waals surface area contributed by atoms with Gasteiger partial charge in [-0.3, -0.25) is 14.4 Å². The molecule has 3 amide bonds. The molecule has 1 atom stereocenters. The van der Waals surface area contributed by atoms with E-state index in [2.05, 4.69) is 5.32 Å². The van der Waals surface area contributed by atoms with Gasteiger partial charge in [0.05, 0.1) is 16.7 Å². The third kappa shape index (κ3) is 4.70. The third-order valence-electron chi connectivity index (χ3n) is 4.11. The Kier molecular flexibility index (Phi) is 5.87. The molecule has 2 aromatic rings. The van der Waals surface area contributed by atoms with E-state index in [9.17, 15) is 14.4 Å². The Morgan fingerprint density at radius 1 is 1.15 bits per heavy atom. The Bertz CT molecular complexity index is 878. The second kappa shape index (κ2) is 8.15. The largest absolute Gasteiger partial charge is 0.325 e. The third-order valence-corrected chi connectivity index (χ3v) is 5.56. The molecule has 1 N–H and O–H groups in total. The fourth-order valence-electron chi connectivity index (χ4n) is 2.99. The normalized spacial score (nSPS) is 16.7. The second-order valence-corrected chi connectivity index (χ2v) is 8.10. The maximum absolute atomic E-state index is 12.7. The topological polar surface area (TPSA) is 66.5 Å². The molecule has 1 aliphatic rings. The molecule has 1 heterocycles. The van der Waals surface area contributed by atoms with Crippen molar-refractivity contribution in [2.75, 3.05) is 16.0 Å². The first-order chi connectivity index (χ1) is 12.8. The average Bonchev–Trinajstić information content (AvgIpc) is 2.88. The Labute approximate surface area is 167 Å². The monoisotopic (exact) mass is 402 g/mol. The summed E-state index contributed by atoms with van der Waals surface area (Å²) in [7, 11) is 0. The molecular formula is C20H19ClN2O3S. The standard InChI is InChI=1S/C20H19ClN2O3S/c1-12-7-13(2)9-16(8-12)23-19(25)10-17(20(23)26)27-11-18(24)22-15-5-3-14(21)4-6-15/h3-9,17H,10-11H2,1-2H3,(H,22,24)/t17-/m0/s1. The van der Waals surface area contributed by atoms with Gasteiger partial charge in [0.2, 0.25) is 17.7 Å². The second-order valence-electron chi connectivity index (χ2n) is 6.47. The zero-order valence-electron chi connectivity index (χ0n) is 15.0. The fraction of sp³-hybridized carbons (Fsp3) is 0.250. The van der Waals surface area contributed by atoms with E-state index in [1.165, 1.54) is 16.7 Å². The minimum Gasteiger partial charge on any atom is -0.325 e. The number of nitrogens with one attached hydrogen (secondary N) is 1. The summed E-state index contributed by atoms with van der Waals surface area (Å²) in [4.78, 5) is 38.4. The van der Waals surface area contributed by atoms with Gasteiger partial charge in [-0.2, -0.15) is 0 Å². The summed E-state index contributed by atoms with van der Waals surface area (Å²) in [6.07, 6.45) is 0.102. The zero-order valence-corrected chi connectivity index (χ0v) is 16.6. The van der Waals surface area contributed by atoms with Crippen molar-refractivity contribution in [1.29, 1.82) is 0 Å². The molecule has 0 saturated carbocycles. The van der Waals surface area contributed by atoms with Crippen LogP contribution in [0.3, 0.4) is 0 Å². The van der Waals surface area contributed by atoms with Crippen molar-refractivity contribution in [2.24, 2.45) is 0 Å². The minimum absolute atomic E-state index is 0.0903. The first-order valence-electron chi connectivity index (χ1n) is 8.45. The van der Waals surface area contributed by atoms with Crippen molar-refractivity contribution in [3.8, 4) is 0 Å². The molecular weight excluding hydrogens is 384 g/mol. The molecule has 0 spiro atoms. The summed E-state index contributed by atoms with van der Waals surface area (Å²) < 4.78 is 0. The summed E-state index contributed by atoms with van der Waals surface area (Å²) >= 11 is 7.00. The number of anilines is 2. The summed E-state index contributed by atoms with van der Waals surface area (Å²) in [5.74, 6) is -0.644. The van der Waals surface area contributed by atoms with Gasteiger partial charge in [-0.05, 0) is 61.4 Å². The van der Waals surface area contributed by atoms with E-state index < -0.39 is 5.25 Å². The molecule has 140 valence electrons. The van der Waals surface area contributed by atoms with Crippen LogP contribution in [0.2, 0.25) is 5.02 Å². The number of halogens is 1. The van der Waals surface area contributed by atoms with Crippen LogP contribution in [-0.4, -0.2) is 28.7 Å². The van der Waals surface area contributed by atoms with Gasteiger partial charge in [-0.15, -0.1) is 11.8 Å². The van der Waals surface area contributed by atoms with E-state index in [1.54, 1.807) is 24.3 Å². The van der Waals surface area contributed by atoms with Crippen LogP contribution in [0.5, 0.6) is 0 Å². The van der Waals surface area contributed by atoms with Gasteiger partial charge in [0.1, 0.15) is 0 Å². The highest BCUT2D eigenvalue weighted by atomic mass is 35.5. The summed E-state index contributed by atoms with van der Waals surface area (Å²) in [5.41, 5.74) is 3.21. The van der Waals surface area contributed by atoms with Crippen LogP contribution in [0.1, 0.15) is 17.5 Å². The number of amides is 3. The van der Waals surface area contributed by atoms with Gasteiger partial charge in [-0.1, -0.05) is 17.7 Å². The predicted octanol–water partition coefficient (Wildman–Crippen LogP) is 3.96. The number of nitrogens with zero attached hydrogens (tertiary/aromatic N) is 1. The van der Waals surface area contributed by atoms with Crippen LogP contribution in [0.15, 0.2) is 42.5 Å². The molecule has 5 nitrogen and oxygen atoms in total. The quantitative estimate of drug-likeness (QED) is 0.768. The molecule has 1 saturated heterocycles. The number of carbonyl (C=O) groups is 3. The summed E-state index contributed by atoms with van der Waals surface area (Å²) in [5, 5.41) is 2.79. The van der Waals surface area contributed by atoms with Crippen LogP contribution in [0.4, 0.5) is 11.4 Å². The highest BCUT2D eigenvalue weighted by molar-refractivity contribution is 8.01. The van der Waals surface area contributed by atoms with Crippen molar-refractivity contribution in [2.45, 2.75) is 25.5 Å². The number of imide groups is 1. The number of carbonyl (C=O) groups excluding carboxylic acids is 3. The van der Waals surface area contributed by atoms with Crippen molar-refractivity contribution >= 4 is 52.5 Å². The van der Waals surface area contributed by atoms with Gasteiger partial charge in [0.25, 0.3) is 0 Å². The van der Waals surface area contributed by atoms with Gasteiger partial charge in [0.15, 0.2) is 0 Å². The van der Waals surface area contributed by atoms with E-state index in [0.717, 1.165) is 11.1 Å². The molecule has 27 heavy (non-hydrogen) atoms. The van der Waals surface area contributed by atoms with Crippen LogP contribution < -0.4 is 10.2 Å². The van der Waals surface area contributed by atoms with Gasteiger partial charge in [0, 0.05) is 17.1 Å². The lowest BCUT2D eigenvalue weighted by Gasteiger charge is -2.16. The molecule has 7 heteroatoms. The highest BCUT2D eigenvalue weighted by Crippen LogP contribution is 2.30. The molecule has 1 aliphatic heterocycles. The average molecular weight is 403 g/mol. The Balaban J connectivity index is 1.61. The molecule has 0 aliphatic carbocycles. The lowest BCUT2D eigenvalue weighted by atomic mass is 10.1. The molecule has 0 unspecified atom stereocenters. The van der Waals surface area contributed by atoms with E-state index in [1.807, 2.05) is 32.0 Å². The SMILES string of the molecule is Cc1cc(C)cc(N2C(=O)C[C@H](SCC(=O)Nc3ccc(Cl)cc3)C2=O)c1. The first-order valence-corrected chi connectivity index (χ1v) is 9.88. The molecule has 0 bridgehead atoms. The smallest absolute Gasteiger partial charge is 0.247 e. The van der Waals surface area contributed by atoms with Crippen LogP contribution in [0, 0.1) is 13.8 Å². The number of hydrogen-bond donors (Lipinski definition) is 1. The van der Waals surface area contributed by atoms with Crippen molar-refractivity contribution in [3.05, 3.63) is 58.6 Å². The fourth-order valence-corrected chi connectivity index (χ4v) is 4.05. The van der Waals surface area contributed by atoms with Gasteiger partial charge >= 0.3 is 0 Å². The molecule has 0 aromatic heterocycles.